The summed E-state index contributed by atoms with van der Waals surface area (Å²) in [7, 11) is 0. The summed E-state index contributed by atoms with van der Waals surface area (Å²) in [5.74, 6) is 0.777. The van der Waals surface area contributed by atoms with E-state index in [1.807, 2.05) is 24.3 Å². The summed E-state index contributed by atoms with van der Waals surface area (Å²) in [4.78, 5) is 12.0. The first kappa shape index (κ1) is 13.3. The number of rotatable bonds is 5. The standard InChI is InChI=1S/C16H18O4/c17-14(11-19-10-12-5-7-18-8-6-12)16-9-13-3-1-2-4-15(13)20-16/h1-4,9,12H,5-8,10-11H2. The van der Waals surface area contributed by atoms with Gasteiger partial charge in [0, 0.05) is 18.6 Å². The molecule has 1 fully saturated rings. The zero-order valence-electron chi connectivity index (χ0n) is 11.3. The van der Waals surface area contributed by atoms with E-state index < -0.39 is 0 Å². The Kier molecular flexibility index (Phi) is 4.14. The van der Waals surface area contributed by atoms with Crippen LogP contribution in [-0.2, 0) is 9.47 Å². The SMILES string of the molecule is O=C(COCC1CCOCC1)c1cc2ccccc2o1. The summed E-state index contributed by atoms with van der Waals surface area (Å²) in [6.07, 6.45) is 2.03. The van der Waals surface area contributed by atoms with Crippen molar-refractivity contribution in [2.75, 3.05) is 26.4 Å². The van der Waals surface area contributed by atoms with Gasteiger partial charge in [-0.3, -0.25) is 4.79 Å². The predicted molar refractivity (Wildman–Crippen MR) is 74.9 cm³/mol. The lowest BCUT2D eigenvalue weighted by molar-refractivity contribution is 0.0211. The van der Waals surface area contributed by atoms with Crippen LogP contribution in [-0.4, -0.2) is 32.2 Å². The van der Waals surface area contributed by atoms with Crippen molar-refractivity contribution in [1.29, 1.82) is 0 Å². The fourth-order valence-corrected chi connectivity index (χ4v) is 2.42. The first-order valence-electron chi connectivity index (χ1n) is 7.00. The smallest absolute Gasteiger partial charge is 0.223 e. The summed E-state index contributed by atoms with van der Waals surface area (Å²) < 4.78 is 16.3. The molecule has 1 aliphatic rings. The van der Waals surface area contributed by atoms with Gasteiger partial charge in [-0.2, -0.15) is 0 Å². The maximum atomic E-state index is 12.0. The van der Waals surface area contributed by atoms with Gasteiger partial charge in [-0.05, 0) is 30.9 Å². The molecule has 106 valence electrons. The average Bonchev–Trinajstić information content (AvgIpc) is 2.92. The van der Waals surface area contributed by atoms with Crippen LogP contribution >= 0.6 is 0 Å². The summed E-state index contributed by atoms with van der Waals surface area (Å²) in [6, 6.07) is 9.37. The molecule has 4 heteroatoms. The molecule has 2 aromatic rings. The molecule has 0 amide bonds. The Bertz CT molecular complexity index is 548. The van der Waals surface area contributed by atoms with Gasteiger partial charge in [0.15, 0.2) is 5.76 Å². The molecule has 1 aromatic heterocycles. The molecule has 0 N–H and O–H groups in total. The van der Waals surface area contributed by atoms with Gasteiger partial charge in [-0.1, -0.05) is 18.2 Å². The Hall–Kier alpha value is -1.65. The van der Waals surface area contributed by atoms with Crippen LogP contribution in [0.25, 0.3) is 11.0 Å². The maximum absolute atomic E-state index is 12.0. The molecule has 0 radical (unpaired) electrons. The molecule has 0 atom stereocenters. The maximum Gasteiger partial charge on any atom is 0.223 e. The van der Waals surface area contributed by atoms with Crippen LogP contribution in [0.15, 0.2) is 34.7 Å². The molecule has 0 saturated carbocycles. The molecule has 3 rings (SSSR count). The molecule has 1 aliphatic heterocycles. The number of fused-ring (bicyclic) bond motifs is 1. The number of para-hydroxylation sites is 1. The van der Waals surface area contributed by atoms with Crippen molar-refractivity contribution in [1.82, 2.24) is 0 Å². The Morgan fingerprint density at radius 2 is 2.05 bits per heavy atom. The first-order valence-corrected chi connectivity index (χ1v) is 7.00. The van der Waals surface area contributed by atoms with Gasteiger partial charge in [-0.15, -0.1) is 0 Å². The highest BCUT2D eigenvalue weighted by Crippen LogP contribution is 2.19. The number of hydrogen-bond donors (Lipinski definition) is 0. The average molecular weight is 274 g/mol. The van der Waals surface area contributed by atoms with Crippen molar-refractivity contribution in [2.24, 2.45) is 5.92 Å². The molecule has 0 aliphatic carbocycles. The van der Waals surface area contributed by atoms with Crippen molar-refractivity contribution in [3.05, 3.63) is 36.1 Å². The van der Waals surface area contributed by atoms with Crippen LogP contribution < -0.4 is 0 Å². The van der Waals surface area contributed by atoms with Crippen LogP contribution in [0.1, 0.15) is 23.4 Å². The number of furan rings is 1. The van der Waals surface area contributed by atoms with Crippen molar-refractivity contribution < 1.29 is 18.7 Å². The van der Waals surface area contributed by atoms with Gasteiger partial charge in [0.1, 0.15) is 12.2 Å². The zero-order chi connectivity index (χ0) is 13.8. The van der Waals surface area contributed by atoms with Gasteiger partial charge >= 0.3 is 0 Å². The van der Waals surface area contributed by atoms with E-state index in [9.17, 15) is 4.79 Å². The molecule has 0 unspecified atom stereocenters. The quantitative estimate of drug-likeness (QED) is 0.786. The van der Waals surface area contributed by atoms with E-state index in [0.29, 0.717) is 18.3 Å². The number of ketones is 1. The number of Topliss-reactive ketones (excluding diaryl/α,β-unsaturated/α-hetero) is 1. The predicted octanol–water partition coefficient (Wildman–Crippen LogP) is 3.06. The van der Waals surface area contributed by atoms with Crippen LogP contribution in [0.4, 0.5) is 0 Å². The van der Waals surface area contributed by atoms with Gasteiger partial charge in [0.05, 0.1) is 6.61 Å². The van der Waals surface area contributed by atoms with E-state index in [1.54, 1.807) is 6.07 Å². The minimum atomic E-state index is -0.103. The molecule has 20 heavy (non-hydrogen) atoms. The molecule has 0 bridgehead atoms. The summed E-state index contributed by atoms with van der Waals surface area (Å²) >= 11 is 0. The summed E-state index contributed by atoms with van der Waals surface area (Å²) in [5, 5.41) is 0.945. The van der Waals surface area contributed by atoms with Crippen molar-refractivity contribution >= 4 is 16.8 Å². The van der Waals surface area contributed by atoms with E-state index >= 15 is 0 Å². The van der Waals surface area contributed by atoms with Crippen molar-refractivity contribution in [3.63, 3.8) is 0 Å². The van der Waals surface area contributed by atoms with Crippen LogP contribution in [0.2, 0.25) is 0 Å². The minimum absolute atomic E-state index is 0.0805. The van der Waals surface area contributed by atoms with Crippen LogP contribution in [0.3, 0.4) is 0 Å². The molecular formula is C16H18O4. The lowest BCUT2D eigenvalue weighted by atomic mass is 10.0. The van der Waals surface area contributed by atoms with Gasteiger partial charge < -0.3 is 13.9 Å². The molecular weight excluding hydrogens is 256 g/mol. The third-order valence-electron chi connectivity index (χ3n) is 3.63. The van der Waals surface area contributed by atoms with E-state index in [2.05, 4.69) is 0 Å². The van der Waals surface area contributed by atoms with Gasteiger partial charge in [0.2, 0.25) is 5.78 Å². The number of ether oxygens (including phenoxy) is 2. The second-order valence-corrected chi connectivity index (χ2v) is 5.14. The molecule has 0 spiro atoms. The second-order valence-electron chi connectivity index (χ2n) is 5.14. The molecule has 4 nitrogen and oxygen atoms in total. The highest BCUT2D eigenvalue weighted by molar-refractivity contribution is 5.98. The number of carbonyl (C=O) groups is 1. The Morgan fingerprint density at radius 3 is 2.85 bits per heavy atom. The largest absolute Gasteiger partial charge is 0.453 e. The lowest BCUT2D eigenvalue weighted by Gasteiger charge is -2.21. The number of hydrogen-bond acceptors (Lipinski definition) is 4. The highest BCUT2D eigenvalue weighted by atomic mass is 16.5. The van der Waals surface area contributed by atoms with E-state index in [-0.39, 0.29) is 12.4 Å². The van der Waals surface area contributed by atoms with Gasteiger partial charge in [-0.25, -0.2) is 0 Å². The summed E-state index contributed by atoms with van der Waals surface area (Å²) in [6.45, 7) is 2.30. The van der Waals surface area contributed by atoms with Crippen LogP contribution in [0.5, 0.6) is 0 Å². The topological polar surface area (TPSA) is 48.7 Å². The third-order valence-corrected chi connectivity index (χ3v) is 3.63. The van der Waals surface area contributed by atoms with Crippen molar-refractivity contribution in [2.45, 2.75) is 12.8 Å². The zero-order valence-corrected chi connectivity index (χ0v) is 11.3. The summed E-state index contributed by atoms with van der Waals surface area (Å²) in [5.41, 5.74) is 0.736. The normalized spacial score (nSPS) is 16.6. The molecule has 2 heterocycles. The Labute approximate surface area is 117 Å². The van der Waals surface area contributed by atoms with Crippen molar-refractivity contribution in [3.8, 4) is 0 Å². The third kappa shape index (κ3) is 3.08. The fraction of sp³-hybridized carbons (Fsp3) is 0.438. The van der Waals surface area contributed by atoms with E-state index in [4.69, 9.17) is 13.9 Å². The second kappa shape index (κ2) is 6.20. The molecule has 1 aromatic carbocycles. The number of carbonyl (C=O) groups excluding carboxylic acids is 1. The first-order chi connectivity index (χ1) is 9.83. The lowest BCUT2D eigenvalue weighted by Crippen LogP contribution is -2.21. The Balaban J connectivity index is 1.53. The van der Waals surface area contributed by atoms with Crippen LogP contribution in [0, 0.1) is 5.92 Å². The van der Waals surface area contributed by atoms with E-state index in [1.165, 1.54) is 0 Å². The minimum Gasteiger partial charge on any atom is -0.453 e. The highest BCUT2D eigenvalue weighted by Gasteiger charge is 2.16. The fourth-order valence-electron chi connectivity index (χ4n) is 2.42. The van der Waals surface area contributed by atoms with E-state index in [0.717, 1.165) is 37.0 Å². The monoisotopic (exact) mass is 274 g/mol. The molecule has 1 saturated heterocycles. The van der Waals surface area contributed by atoms with Gasteiger partial charge in [0.25, 0.3) is 0 Å². The Morgan fingerprint density at radius 1 is 1.25 bits per heavy atom. The number of benzene rings is 1.